The van der Waals surface area contributed by atoms with Gasteiger partial charge in [-0.2, -0.15) is 17.5 Å². The summed E-state index contributed by atoms with van der Waals surface area (Å²) < 4.78 is 70.3. The highest BCUT2D eigenvalue weighted by Crippen LogP contribution is 2.31. The van der Waals surface area contributed by atoms with Crippen LogP contribution in [0.15, 0.2) is 47.4 Å². The summed E-state index contributed by atoms with van der Waals surface area (Å²) in [4.78, 5) is 12.3. The zero-order chi connectivity index (χ0) is 23.2. The molecule has 2 aromatic carbocycles. The number of amides is 1. The number of sulfonamides is 1. The van der Waals surface area contributed by atoms with Gasteiger partial charge in [-0.15, -0.1) is 0 Å². The van der Waals surface area contributed by atoms with Gasteiger partial charge < -0.3 is 15.4 Å². The van der Waals surface area contributed by atoms with Gasteiger partial charge >= 0.3 is 6.18 Å². The van der Waals surface area contributed by atoms with E-state index < -0.39 is 27.7 Å². The first kappa shape index (κ1) is 24.5. The molecule has 7 nitrogen and oxygen atoms in total. The molecule has 1 amide bonds. The Labute approximate surface area is 179 Å². The molecule has 2 N–H and O–H groups in total. The van der Waals surface area contributed by atoms with Crippen LogP contribution >= 0.6 is 0 Å². The molecule has 2 rings (SSSR count). The van der Waals surface area contributed by atoms with Gasteiger partial charge in [0.05, 0.1) is 29.8 Å². The topological polar surface area (TPSA) is 87.7 Å². The SMILES string of the molecule is CCN(CC)S(=O)(=O)c1ccc(OC)c(NC(=O)CNc2cccc(C(F)(F)F)c2)c1. The maximum atomic E-state index is 12.8. The van der Waals surface area contributed by atoms with Crippen molar-refractivity contribution in [2.75, 3.05) is 37.4 Å². The zero-order valence-corrected chi connectivity index (χ0v) is 18.1. The molecule has 0 spiro atoms. The maximum absolute atomic E-state index is 12.8. The Balaban J connectivity index is 2.17. The van der Waals surface area contributed by atoms with E-state index in [0.717, 1.165) is 12.1 Å². The highest BCUT2D eigenvalue weighted by atomic mass is 32.2. The fourth-order valence-corrected chi connectivity index (χ4v) is 4.32. The van der Waals surface area contributed by atoms with Crippen molar-refractivity contribution < 1.29 is 31.1 Å². The fraction of sp³-hybridized carbons (Fsp3) is 0.350. The van der Waals surface area contributed by atoms with Gasteiger partial charge in [-0.3, -0.25) is 4.79 Å². The second kappa shape index (κ2) is 10.0. The van der Waals surface area contributed by atoms with E-state index in [0.29, 0.717) is 0 Å². The van der Waals surface area contributed by atoms with E-state index in [1.54, 1.807) is 13.8 Å². The number of nitrogens with zero attached hydrogens (tertiary/aromatic N) is 1. The van der Waals surface area contributed by atoms with E-state index in [2.05, 4.69) is 10.6 Å². The predicted octanol–water partition coefficient (Wildman–Crippen LogP) is 3.80. The van der Waals surface area contributed by atoms with E-state index in [9.17, 15) is 26.4 Å². The smallest absolute Gasteiger partial charge is 0.416 e. The molecule has 0 heterocycles. The molecule has 0 saturated carbocycles. The molecule has 0 saturated heterocycles. The normalized spacial score (nSPS) is 12.0. The van der Waals surface area contributed by atoms with Crippen molar-refractivity contribution in [2.24, 2.45) is 0 Å². The highest BCUT2D eigenvalue weighted by molar-refractivity contribution is 7.89. The van der Waals surface area contributed by atoms with Crippen molar-refractivity contribution in [1.29, 1.82) is 0 Å². The monoisotopic (exact) mass is 459 g/mol. The second-order valence-electron chi connectivity index (χ2n) is 6.43. The molecule has 0 aliphatic carbocycles. The number of carbonyl (C=O) groups is 1. The fourth-order valence-electron chi connectivity index (χ4n) is 2.84. The van der Waals surface area contributed by atoms with E-state index in [-0.39, 0.29) is 41.7 Å². The second-order valence-corrected chi connectivity index (χ2v) is 8.37. The summed E-state index contributed by atoms with van der Waals surface area (Å²) >= 11 is 0. The van der Waals surface area contributed by atoms with Crippen molar-refractivity contribution in [2.45, 2.75) is 24.9 Å². The van der Waals surface area contributed by atoms with Gasteiger partial charge in [0.15, 0.2) is 0 Å². The van der Waals surface area contributed by atoms with Crippen molar-refractivity contribution in [1.82, 2.24) is 4.31 Å². The molecule has 2 aromatic rings. The Kier molecular flexibility index (Phi) is 7.91. The molecule has 170 valence electrons. The van der Waals surface area contributed by atoms with Crippen LogP contribution in [-0.4, -0.2) is 45.4 Å². The summed E-state index contributed by atoms with van der Waals surface area (Å²) in [5, 5.41) is 5.15. The lowest BCUT2D eigenvalue weighted by atomic mass is 10.2. The van der Waals surface area contributed by atoms with Crippen molar-refractivity contribution in [3.8, 4) is 5.75 Å². The molecular weight excluding hydrogens is 435 g/mol. The maximum Gasteiger partial charge on any atom is 0.416 e. The average molecular weight is 459 g/mol. The van der Waals surface area contributed by atoms with Gasteiger partial charge in [0.25, 0.3) is 0 Å². The van der Waals surface area contributed by atoms with Crippen LogP contribution < -0.4 is 15.4 Å². The first-order valence-electron chi connectivity index (χ1n) is 9.42. The van der Waals surface area contributed by atoms with Gasteiger partial charge in [-0.1, -0.05) is 19.9 Å². The average Bonchev–Trinajstić information content (AvgIpc) is 2.72. The molecule has 0 fully saturated rings. The Morgan fingerprint density at radius 1 is 1.10 bits per heavy atom. The lowest BCUT2D eigenvalue weighted by Gasteiger charge is -2.19. The van der Waals surface area contributed by atoms with Crippen LogP contribution in [0.3, 0.4) is 0 Å². The van der Waals surface area contributed by atoms with Crippen LogP contribution in [0.4, 0.5) is 24.5 Å². The Morgan fingerprint density at radius 3 is 2.35 bits per heavy atom. The molecule has 0 unspecified atom stereocenters. The minimum atomic E-state index is -4.50. The third kappa shape index (κ3) is 6.11. The summed E-state index contributed by atoms with van der Waals surface area (Å²) in [7, 11) is -2.39. The van der Waals surface area contributed by atoms with E-state index in [4.69, 9.17) is 4.74 Å². The predicted molar refractivity (Wildman–Crippen MR) is 112 cm³/mol. The van der Waals surface area contributed by atoms with Gasteiger partial charge in [0.1, 0.15) is 5.75 Å². The third-order valence-corrected chi connectivity index (χ3v) is 6.48. The van der Waals surface area contributed by atoms with Gasteiger partial charge in [0, 0.05) is 18.8 Å². The summed E-state index contributed by atoms with van der Waals surface area (Å²) in [5.41, 5.74) is -0.588. The molecule has 31 heavy (non-hydrogen) atoms. The number of halogens is 3. The summed E-state index contributed by atoms with van der Waals surface area (Å²) in [5.74, 6) is -0.348. The first-order valence-corrected chi connectivity index (χ1v) is 10.9. The van der Waals surface area contributed by atoms with Crippen molar-refractivity contribution >= 4 is 27.3 Å². The summed E-state index contributed by atoms with van der Waals surface area (Å²) in [6.45, 7) is 3.66. The van der Waals surface area contributed by atoms with E-state index in [1.165, 1.54) is 41.7 Å². The Hall–Kier alpha value is -2.79. The highest BCUT2D eigenvalue weighted by Gasteiger charge is 2.30. The number of alkyl halides is 3. The van der Waals surface area contributed by atoms with Gasteiger partial charge in [0.2, 0.25) is 15.9 Å². The number of anilines is 2. The number of hydrogen-bond acceptors (Lipinski definition) is 5. The molecule has 0 aliphatic rings. The number of nitrogens with one attached hydrogen (secondary N) is 2. The lowest BCUT2D eigenvalue weighted by Crippen LogP contribution is -2.30. The lowest BCUT2D eigenvalue weighted by molar-refractivity contribution is -0.137. The van der Waals surface area contributed by atoms with Gasteiger partial charge in [-0.05, 0) is 36.4 Å². The van der Waals surface area contributed by atoms with Crippen LogP contribution in [-0.2, 0) is 21.0 Å². The molecule has 0 aliphatic heterocycles. The number of ether oxygens (including phenoxy) is 1. The van der Waals surface area contributed by atoms with Crippen LogP contribution in [0.5, 0.6) is 5.75 Å². The van der Waals surface area contributed by atoms with Gasteiger partial charge in [-0.25, -0.2) is 8.42 Å². The molecule has 0 atom stereocenters. The van der Waals surface area contributed by atoms with Crippen LogP contribution in [0, 0.1) is 0 Å². The number of methoxy groups -OCH3 is 1. The minimum Gasteiger partial charge on any atom is -0.495 e. The summed E-state index contributed by atoms with van der Waals surface area (Å²) in [6, 6.07) is 8.54. The van der Waals surface area contributed by atoms with Crippen molar-refractivity contribution in [3.05, 3.63) is 48.0 Å². The number of benzene rings is 2. The Bertz CT molecular complexity index is 1020. The molecule has 11 heteroatoms. The number of carbonyl (C=O) groups excluding carboxylic acids is 1. The zero-order valence-electron chi connectivity index (χ0n) is 17.3. The molecular formula is C20H24F3N3O4S. The largest absolute Gasteiger partial charge is 0.495 e. The standard InChI is InChI=1S/C20H24F3N3O4S/c1-4-26(5-2)31(28,29)16-9-10-18(30-3)17(12-16)25-19(27)13-24-15-8-6-7-14(11-15)20(21,22)23/h6-12,24H,4-5,13H2,1-3H3,(H,25,27). The van der Waals surface area contributed by atoms with Crippen LogP contribution in [0.2, 0.25) is 0 Å². The third-order valence-electron chi connectivity index (χ3n) is 4.43. The molecule has 0 radical (unpaired) electrons. The summed E-state index contributed by atoms with van der Waals surface area (Å²) in [6.07, 6.45) is -4.50. The van der Waals surface area contributed by atoms with Crippen LogP contribution in [0.25, 0.3) is 0 Å². The van der Waals surface area contributed by atoms with E-state index in [1.807, 2.05) is 0 Å². The Morgan fingerprint density at radius 2 is 1.77 bits per heavy atom. The first-order chi connectivity index (χ1) is 14.5. The minimum absolute atomic E-state index is 0.0156. The van der Waals surface area contributed by atoms with E-state index >= 15 is 0 Å². The van der Waals surface area contributed by atoms with Crippen molar-refractivity contribution in [3.63, 3.8) is 0 Å². The quantitative estimate of drug-likeness (QED) is 0.596. The molecule has 0 aromatic heterocycles. The van der Waals surface area contributed by atoms with Crippen LogP contribution in [0.1, 0.15) is 19.4 Å². The number of hydrogen-bond donors (Lipinski definition) is 2. The number of rotatable bonds is 9. The molecule has 0 bridgehead atoms.